The molecular weight excluding hydrogens is 293 g/mol. The fraction of sp³-hybridized carbons (Fsp3) is 0.500. The summed E-state index contributed by atoms with van der Waals surface area (Å²) in [6.45, 7) is 5.77. The molecule has 18 heavy (non-hydrogen) atoms. The van der Waals surface area contributed by atoms with Crippen molar-refractivity contribution in [2.45, 2.75) is 32.6 Å². The number of benzene rings is 1. The van der Waals surface area contributed by atoms with Crippen molar-refractivity contribution in [3.8, 4) is 0 Å². The minimum absolute atomic E-state index is 0.0963. The second kappa shape index (κ2) is 6.24. The van der Waals surface area contributed by atoms with Crippen molar-refractivity contribution in [3.05, 3.63) is 33.8 Å². The maximum absolute atomic E-state index is 11.9. The number of hydrogen-bond donors (Lipinski definition) is 1. The zero-order chi connectivity index (χ0) is 13.9. The van der Waals surface area contributed by atoms with Crippen molar-refractivity contribution in [3.63, 3.8) is 0 Å². The van der Waals surface area contributed by atoms with E-state index in [1.807, 2.05) is 20.8 Å². The Hall–Kier alpha value is -0.290. The number of sulfonamides is 1. The van der Waals surface area contributed by atoms with E-state index < -0.39 is 10.0 Å². The van der Waals surface area contributed by atoms with Gasteiger partial charge < -0.3 is 0 Å². The lowest BCUT2D eigenvalue weighted by atomic mass is 10.1. The van der Waals surface area contributed by atoms with Crippen molar-refractivity contribution >= 4 is 33.2 Å². The quantitative estimate of drug-likeness (QED) is 0.905. The predicted molar refractivity (Wildman–Crippen MR) is 76.5 cm³/mol. The highest BCUT2D eigenvalue weighted by Crippen LogP contribution is 2.23. The zero-order valence-electron chi connectivity index (χ0n) is 10.6. The lowest BCUT2D eigenvalue weighted by Gasteiger charge is -2.17. The van der Waals surface area contributed by atoms with Crippen molar-refractivity contribution in [1.82, 2.24) is 4.72 Å². The molecule has 0 fully saturated rings. The van der Waals surface area contributed by atoms with Crippen LogP contribution >= 0.6 is 23.2 Å². The number of nitrogens with one attached hydrogen (secondary N) is 1. The third-order valence-corrected chi connectivity index (χ3v) is 4.89. The van der Waals surface area contributed by atoms with Crippen LogP contribution in [0.4, 0.5) is 0 Å². The maximum Gasteiger partial charge on any atom is 0.216 e. The van der Waals surface area contributed by atoms with Gasteiger partial charge in [0, 0.05) is 6.04 Å². The van der Waals surface area contributed by atoms with Crippen LogP contribution in [0.2, 0.25) is 10.0 Å². The number of rotatable bonds is 5. The summed E-state index contributed by atoms with van der Waals surface area (Å²) in [6.07, 6.45) is 0. The van der Waals surface area contributed by atoms with Crippen LogP contribution in [0, 0.1) is 5.92 Å². The molecule has 0 bridgehead atoms. The molecule has 0 aliphatic rings. The van der Waals surface area contributed by atoms with Crippen LogP contribution in [0.15, 0.2) is 18.2 Å². The summed E-state index contributed by atoms with van der Waals surface area (Å²) in [5, 5.41) is 0.780. The minimum atomic E-state index is -3.36. The van der Waals surface area contributed by atoms with E-state index in [1.54, 1.807) is 18.2 Å². The van der Waals surface area contributed by atoms with Crippen LogP contribution in [-0.2, 0) is 15.8 Å². The monoisotopic (exact) mass is 309 g/mol. The van der Waals surface area contributed by atoms with Crippen molar-refractivity contribution in [1.29, 1.82) is 0 Å². The molecule has 1 aromatic rings. The Morgan fingerprint density at radius 1 is 1.17 bits per heavy atom. The first-order valence-electron chi connectivity index (χ1n) is 5.65. The minimum Gasteiger partial charge on any atom is -0.212 e. The molecule has 3 nitrogen and oxygen atoms in total. The molecule has 0 saturated carbocycles. The molecule has 1 atom stereocenters. The van der Waals surface area contributed by atoms with Crippen LogP contribution in [0.3, 0.4) is 0 Å². The van der Waals surface area contributed by atoms with Gasteiger partial charge in [-0.3, -0.25) is 0 Å². The normalized spacial score (nSPS) is 13.9. The van der Waals surface area contributed by atoms with Gasteiger partial charge in [0.15, 0.2) is 0 Å². The molecule has 102 valence electrons. The second-order valence-corrected chi connectivity index (χ2v) is 7.23. The summed E-state index contributed by atoms with van der Waals surface area (Å²) in [7, 11) is -3.36. The van der Waals surface area contributed by atoms with Crippen molar-refractivity contribution < 1.29 is 8.42 Å². The molecule has 1 rings (SSSR count). The SMILES string of the molecule is CC(C)[C@@H](C)NS(=O)(=O)Cc1ccc(Cl)c(Cl)c1. The molecule has 1 N–H and O–H groups in total. The fourth-order valence-electron chi connectivity index (χ4n) is 1.31. The molecule has 0 aromatic heterocycles. The first kappa shape index (κ1) is 15.8. The summed E-state index contributed by atoms with van der Waals surface area (Å²) in [5.41, 5.74) is 0.618. The Balaban J connectivity index is 2.79. The lowest BCUT2D eigenvalue weighted by molar-refractivity contribution is 0.476. The molecule has 0 amide bonds. The van der Waals surface area contributed by atoms with Gasteiger partial charge in [-0.15, -0.1) is 0 Å². The van der Waals surface area contributed by atoms with Gasteiger partial charge in [-0.2, -0.15) is 0 Å². The van der Waals surface area contributed by atoms with Crippen LogP contribution in [0.1, 0.15) is 26.3 Å². The Bertz CT molecular complexity index is 515. The lowest BCUT2D eigenvalue weighted by Crippen LogP contribution is -2.36. The molecule has 0 aliphatic heterocycles. The van der Waals surface area contributed by atoms with E-state index in [-0.39, 0.29) is 17.7 Å². The Labute approximate surface area is 119 Å². The average Bonchev–Trinajstić information content (AvgIpc) is 2.22. The molecule has 0 saturated heterocycles. The first-order valence-corrected chi connectivity index (χ1v) is 8.06. The van der Waals surface area contributed by atoms with E-state index in [0.717, 1.165) is 0 Å². The van der Waals surface area contributed by atoms with Gasteiger partial charge in [0.25, 0.3) is 0 Å². The maximum atomic E-state index is 11.9. The van der Waals surface area contributed by atoms with E-state index in [9.17, 15) is 8.42 Å². The third-order valence-electron chi connectivity index (χ3n) is 2.71. The Morgan fingerprint density at radius 2 is 1.78 bits per heavy atom. The smallest absolute Gasteiger partial charge is 0.212 e. The van der Waals surface area contributed by atoms with Crippen LogP contribution < -0.4 is 4.72 Å². The fourth-order valence-corrected chi connectivity index (χ4v) is 3.17. The van der Waals surface area contributed by atoms with E-state index >= 15 is 0 Å². The van der Waals surface area contributed by atoms with Crippen molar-refractivity contribution in [2.75, 3.05) is 0 Å². The highest BCUT2D eigenvalue weighted by molar-refractivity contribution is 7.88. The van der Waals surface area contributed by atoms with Gasteiger partial charge in [0.05, 0.1) is 15.8 Å². The van der Waals surface area contributed by atoms with E-state index in [4.69, 9.17) is 23.2 Å². The third kappa shape index (κ3) is 4.76. The van der Waals surface area contributed by atoms with Gasteiger partial charge >= 0.3 is 0 Å². The van der Waals surface area contributed by atoms with Gasteiger partial charge in [-0.05, 0) is 30.5 Å². The zero-order valence-corrected chi connectivity index (χ0v) is 12.9. The van der Waals surface area contributed by atoms with Crippen LogP contribution in [-0.4, -0.2) is 14.5 Å². The van der Waals surface area contributed by atoms with Crippen LogP contribution in [0.25, 0.3) is 0 Å². The first-order chi connectivity index (χ1) is 8.21. The molecule has 0 aliphatic carbocycles. The highest BCUT2D eigenvalue weighted by Gasteiger charge is 2.17. The summed E-state index contributed by atoms with van der Waals surface area (Å²) in [6, 6.07) is 4.73. The molecule has 6 heteroatoms. The topological polar surface area (TPSA) is 46.2 Å². The average molecular weight is 310 g/mol. The molecule has 0 heterocycles. The van der Waals surface area contributed by atoms with Crippen LogP contribution in [0.5, 0.6) is 0 Å². The van der Waals surface area contributed by atoms with Crippen molar-refractivity contribution in [2.24, 2.45) is 5.92 Å². The standard InChI is InChI=1S/C12H17Cl2NO2S/c1-8(2)9(3)15-18(16,17)7-10-4-5-11(13)12(14)6-10/h4-6,8-9,15H,7H2,1-3H3/t9-/m1/s1. The highest BCUT2D eigenvalue weighted by atomic mass is 35.5. The molecule has 0 radical (unpaired) electrons. The Kier molecular flexibility index (Phi) is 5.46. The largest absolute Gasteiger partial charge is 0.216 e. The summed E-state index contributed by atoms with van der Waals surface area (Å²) in [5.74, 6) is 0.148. The van der Waals surface area contributed by atoms with Gasteiger partial charge in [-0.1, -0.05) is 43.1 Å². The molecular formula is C12H17Cl2NO2S. The number of hydrogen-bond acceptors (Lipinski definition) is 2. The van der Waals surface area contributed by atoms with E-state index in [2.05, 4.69) is 4.72 Å². The van der Waals surface area contributed by atoms with E-state index in [0.29, 0.717) is 15.6 Å². The van der Waals surface area contributed by atoms with E-state index in [1.165, 1.54) is 0 Å². The van der Waals surface area contributed by atoms with Gasteiger partial charge in [-0.25, -0.2) is 13.1 Å². The Morgan fingerprint density at radius 3 is 2.28 bits per heavy atom. The van der Waals surface area contributed by atoms with Gasteiger partial charge in [0.2, 0.25) is 10.0 Å². The number of halogens is 2. The summed E-state index contributed by atoms with van der Waals surface area (Å²) in [4.78, 5) is 0. The molecule has 1 aromatic carbocycles. The predicted octanol–water partition coefficient (Wildman–Crippen LogP) is 3.46. The molecule has 0 spiro atoms. The summed E-state index contributed by atoms with van der Waals surface area (Å²) >= 11 is 11.6. The summed E-state index contributed by atoms with van der Waals surface area (Å²) < 4.78 is 26.5. The molecule has 0 unspecified atom stereocenters. The van der Waals surface area contributed by atoms with Gasteiger partial charge in [0.1, 0.15) is 0 Å². The second-order valence-electron chi connectivity index (χ2n) is 4.66.